The molecule has 1 aliphatic rings. The van der Waals surface area contributed by atoms with Gasteiger partial charge in [0.1, 0.15) is 11.5 Å². The molecule has 0 radical (unpaired) electrons. The van der Waals surface area contributed by atoms with Crippen LogP contribution in [-0.2, 0) is 9.47 Å². The number of carbonyl (C=O) groups excluding carboxylic acids is 1. The van der Waals surface area contributed by atoms with Crippen molar-refractivity contribution in [1.29, 1.82) is 0 Å². The van der Waals surface area contributed by atoms with E-state index in [2.05, 4.69) is 13.8 Å². The van der Waals surface area contributed by atoms with Crippen molar-refractivity contribution in [3.05, 3.63) is 59.2 Å². The fourth-order valence-electron chi connectivity index (χ4n) is 4.24. The molecule has 1 saturated heterocycles. The molecule has 0 saturated carbocycles. The van der Waals surface area contributed by atoms with Crippen LogP contribution in [-0.4, -0.2) is 25.8 Å². The number of unbranched alkanes of at least 4 members (excludes halogenated alkanes) is 6. The smallest absolute Gasteiger partial charge is 0.343 e. The van der Waals surface area contributed by atoms with Crippen molar-refractivity contribution in [3.8, 4) is 11.5 Å². The van der Waals surface area contributed by atoms with Crippen LogP contribution in [0.25, 0.3) is 0 Å². The van der Waals surface area contributed by atoms with Gasteiger partial charge in [-0.25, -0.2) is 4.79 Å². The van der Waals surface area contributed by atoms with Gasteiger partial charge in [0.2, 0.25) is 0 Å². The van der Waals surface area contributed by atoms with Crippen LogP contribution in [0.3, 0.4) is 0 Å². The maximum atomic E-state index is 12.7. The van der Waals surface area contributed by atoms with Crippen LogP contribution in [0.5, 0.6) is 11.5 Å². The van der Waals surface area contributed by atoms with Gasteiger partial charge in [-0.15, -0.1) is 0 Å². The number of benzene rings is 2. The van der Waals surface area contributed by atoms with E-state index in [1.54, 1.807) is 18.2 Å². The van der Waals surface area contributed by atoms with E-state index in [4.69, 9.17) is 18.9 Å². The van der Waals surface area contributed by atoms with E-state index in [0.29, 0.717) is 23.8 Å². The molecule has 5 nitrogen and oxygen atoms in total. The maximum absolute atomic E-state index is 12.7. The molecule has 35 heavy (non-hydrogen) atoms. The van der Waals surface area contributed by atoms with E-state index < -0.39 is 0 Å². The quantitative estimate of drug-likeness (QED) is 0.156. The maximum Gasteiger partial charge on any atom is 0.343 e. The van der Waals surface area contributed by atoms with Gasteiger partial charge < -0.3 is 18.9 Å². The molecule has 1 aliphatic heterocycles. The third-order valence-electron chi connectivity index (χ3n) is 6.47. The van der Waals surface area contributed by atoms with Crippen molar-refractivity contribution < 1.29 is 23.7 Å². The zero-order chi connectivity index (χ0) is 24.9. The van der Waals surface area contributed by atoms with Gasteiger partial charge in [0.15, 0.2) is 6.29 Å². The number of ether oxygens (including phenoxy) is 4. The number of carbonyl (C=O) groups is 1. The Balaban J connectivity index is 1.45. The van der Waals surface area contributed by atoms with E-state index in [9.17, 15) is 4.79 Å². The second kappa shape index (κ2) is 14.9. The lowest BCUT2D eigenvalue weighted by Crippen LogP contribution is -2.27. The molecule has 2 aromatic carbocycles. The van der Waals surface area contributed by atoms with Crippen molar-refractivity contribution in [3.63, 3.8) is 0 Å². The standard InChI is InChI=1S/C30H42O5/c1-4-6-8-9-11-19-32-27-17-18-28(23(3)20-27)35-29(31)25-13-15-26(16-14-25)30-33-21-24(22-34-30)12-10-7-5-2/h13-18,20,24,30H,4-12,19,21-22H2,1-3H3. The number of hydrogen-bond acceptors (Lipinski definition) is 5. The molecule has 2 aromatic rings. The van der Waals surface area contributed by atoms with Crippen LogP contribution in [0.15, 0.2) is 42.5 Å². The van der Waals surface area contributed by atoms with Gasteiger partial charge in [-0.05, 0) is 55.7 Å². The van der Waals surface area contributed by atoms with Crippen molar-refractivity contribution in [2.75, 3.05) is 19.8 Å². The van der Waals surface area contributed by atoms with Crippen LogP contribution in [0.2, 0.25) is 0 Å². The van der Waals surface area contributed by atoms with Crippen molar-refractivity contribution in [2.45, 2.75) is 84.8 Å². The molecule has 0 unspecified atom stereocenters. The fourth-order valence-corrected chi connectivity index (χ4v) is 4.24. The summed E-state index contributed by atoms with van der Waals surface area (Å²) in [6.45, 7) is 8.50. The van der Waals surface area contributed by atoms with Gasteiger partial charge in [0, 0.05) is 11.5 Å². The van der Waals surface area contributed by atoms with Gasteiger partial charge in [0.25, 0.3) is 0 Å². The number of hydrogen-bond donors (Lipinski definition) is 0. The molecule has 0 bridgehead atoms. The van der Waals surface area contributed by atoms with Crippen molar-refractivity contribution in [1.82, 2.24) is 0 Å². The first kappa shape index (κ1) is 27.2. The van der Waals surface area contributed by atoms with Gasteiger partial charge >= 0.3 is 5.97 Å². The molecule has 5 heteroatoms. The summed E-state index contributed by atoms with van der Waals surface area (Å²) >= 11 is 0. The molecule has 1 fully saturated rings. The van der Waals surface area contributed by atoms with Crippen LogP contribution in [0, 0.1) is 12.8 Å². The molecule has 1 heterocycles. The van der Waals surface area contributed by atoms with Gasteiger partial charge in [-0.3, -0.25) is 0 Å². The minimum atomic E-state index is -0.384. The number of esters is 1. The molecule has 3 rings (SSSR count). The molecule has 0 N–H and O–H groups in total. The lowest BCUT2D eigenvalue weighted by atomic mass is 10.0. The summed E-state index contributed by atoms with van der Waals surface area (Å²) in [5.74, 6) is 1.44. The summed E-state index contributed by atoms with van der Waals surface area (Å²) in [6.07, 6.45) is 10.5. The Hall–Kier alpha value is -2.37. The third kappa shape index (κ3) is 8.97. The Morgan fingerprint density at radius 3 is 2.26 bits per heavy atom. The van der Waals surface area contributed by atoms with Crippen LogP contribution in [0.4, 0.5) is 0 Å². The Kier molecular flexibility index (Phi) is 11.6. The Labute approximate surface area is 211 Å². The summed E-state index contributed by atoms with van der Waals surface area (Å²) in [5.41, 5.74) is 2.28. The normalized spacial score (nSPS) is 17.8. The monoisotopic (exact) mass is 482 g/mol. The van der Waals surface area contributed by atoms with Crippen LogP contribution < -0.4 is 9.47 Å². The molecular formula is C30H42O5. The van der Waals surface area contributed by atoms with Crippen molar-refractivity contribution >= 4 is 5.97 Å². The predicted molar refractivity (Wildman–Crippen MR) is 139 cm³/mol. The first-order valence-electron chi connectivity index (χ1n) is 13.4. The highest BCUT2D eigenvalue weighted by molar-refractivity contribution is 5.91. The molecular weight excluding hydrogens is 440 g/mol. The van der Waals surface area contributed by atoms with E-state index in [-0.39, 0.29) is 12.3 Å². The van der Waals surface area contributed by atoms with Gasteiger partial charge in [0.05, 0.1) is 25.4 Å². The molecule has 0 aliphatic carbocycles. The number of aryl methyl sites for hydroxylation is 1. The summed E-state index contributed by atoms with van der Waals surface area (Å²) in [7, 11) is 0. The Bertz CT molecular complexity index is 884. The SMILES string of the molecule is CCCCCCCOc1ccc(OC(=O)c2ccc(C3OCC(CCCCC)CO3)cc2)c(C)c1. The number of rotatable bonds is 14. The third-order valence-corrected chi connectivity index (χ3v) is 6.47. The average Bonchev–Trinajstić information content (AvgIpc) is 2.88. The highest BCUT2D eigenvalue weighted by Crippen LogP contribution is 2.28. The summed E-state index contributed by atoms with van der Waals surface area (Å²) in [5, 5.41) is 0. The first-order valence-corrected chi connectivity index (χ1v) is 13.4. The summed E-state index contributed by atoms with van der Waals surface area (Å²) in [4.78, 5) is 12.7. The van der Waals surface area contributed by atoms with E-state index >= 15 is 0 Å². The van der Waals surface area contributed by atoms with Crippen molar-refractivity contribution in [2.24, 2.45) is 5.92 Å². The zero-order valence-corrected chi connectivity index (χ0v) is 21.7. The van der Waals surface area contributed by atoms with Crippen LogP contribution in [0.1, 0.15) is 99.4 Å². The van der Waals surface area contributed by atoms with E-state index in [1.807, 2.05) is 31.2 Å². The van der Waals surface area contributed by atoms with E-state index in [0.717, 1.165) is 42.9 Å². The molecule has 192 valence electrons. The first-order chi connectivity index (χ1) is 17.1. The largest absolute Gasteiger partial charge is 0.494 e. The Morgan fingerprint density at radius 2 is 1.57 bits per heavy atom. The summed E-state index contributed by atoms with van der Waals surface area (Å²) in [6, 6.07) is 12.9. The lowest BCUT2D eigenvalue weighted by Gasteiger charge is -2.29. The van der Waals surface area contributed by atoms with E-state index in [1.165, 1.54) is 44.9 Å². The molecule has 0 atom stereocenters. The predicted octanol–water partition coefficient (Wildman–Crippen LogP) is 7.81. The fraction of sp³-hybridized carbons (Fsp3) is 0.567. The average molecular weight is 483 g/mol. The second-order valence-corrected chi connectivity index (χ2v) is 9.56. The topological polar surface area (TPSA) is 54.0 Å². The van der Waals surface area contributed by atoms with Gasteiger partial charge in [-0.1, -0.05) is 70.9 Å². The second-order valence-electron chi connectivity index (χ2n) is 9.56. The van der Waals surface area contributed by atoms with Gasteiger partial charge in [-0.2, -0.15) is 0 Å². The zero-order valence-electron chi connectivity index (χ0n) is 21.7. The minimum Gasteiger partial charge on any atom is -0.494 e. The highest BCUT2D eigenvalue weighted by Gasteiger charge is 2.23. The highest BCUT2D eigenvalue weighted by atomic mass is 16.7. The molecule has 0 aromatic heterocycles. The molecule has 0 spiro atoms. The Morgan fingerprint density at radius 1 is 0.886 bits per heavy atom. The summed E-state index contributed by atoms with van der Waals surface area (Å²) < 4.78 is 23.4. The van der Waals surface area contributed by atoms with Crippen LogP contribution >= 0.6 is 0 Å². The lowest BCUT2D eigenvalue weighted by molar-refractivity contribution is -0.206. The minimum absolute atomic E-state index is 0.371. The molecule has 0 amide bonds.